The number of anilines is 1. The second-order valence-corrected chi connectivity index (χ2v) is 8.48. The summed E-state index contributed by atoms with van der Waals surface area (Å²) in [6.45, 7) is 5.82. The van der Waals surface area contributed by atoms with Crippen molar-refractivity contribution in [3.63, 3.8) is 0 Å². The van der Waals surface area contributed by atoms with E-state index in [1.54, 1.807) is 25.2 Å². The van der Waals surface area contributed by atoms with Gasteiger partial charge in [-0.2, -0.15) is 0 Å². The Morgan fingerprint density at radius 2 is 2.20 bits per heavy atom. The van der Waals surface area contributed by atoms with E-state index < -0.39 is 11.6 Å². The van der Waals surface area contributed by atoms with E-state index in [4.69, 9.17) is 0 Å². The Hall–Kier alpha value is -1.96. The summed E-state index contributed by atoms with van der Waals surface area (Å²) >= 11 is 1.56. The molecule has 0 unspecified atom stereocenters. The van der Waals surface area contributed by atoms with Crippen LogP contribution in [0.2, 0.25) is 0 Å². The molecular formula is C17H24N4O3S. The summed E-state index contributed by atoms with van der Waals surface area (Å²) in [6, 6.07) is -0.392. The minimum absolute atomic E-state index is 0.134. The van der Waals surface area contributed by atoms with Crippen molar-refractivity contribution in [2.75, 3.05) is 11.9 Å². The zero-order chi connectivity index (χ0) is 18.2. The van der Waals surface area contributed by atoms with E-state index in [0.29, 0.717) is 17.5 Å². The highest BCUT2D eigenvalue weighted by atomic mass is 32.1. The molecule has 1 fully saturated rings. The monoisotopic (exact) mass is 364 g/mol. The van der Waals surface area contributed by atoms with Crippen molar-refractivity contribution in [3.8, 4) is 0 Å². The third kappa shape index (κ3) is 3.84. The SMILES string of the molecule is C[C@H]1CCc2nc(NC(=O)CCCN3C(=O)NC(C)(C)C3=O)sc2C1. The average molecular weight is 364 g/mol. The molecule has 0 radical (unpaired) electrons. The van der Waals surface area contributed by atoms with Gasteiger partial charge in [0.15, 0.2) is 5.13 Å². The molecule has 25 heavy (non-hydrogen) atoms. The molecule has 3 rings (SSSR count). The average Bonchev–Trinajstić information content (AvgIpc) is 2.99. The molecule has 136 valence electrons. The van der Waals surface area contributed by atoms with E-state index in [1.165, 1.54) is 9.78 Å². The first-order chi connectivity index (χ1) is 11.8. The van der Waals surface area contributed by atoms with Crippen molar-refractivity contribution < 1.29 is 14.4 Å². The van der Waals surface area contributed by atoms with Crippen LogP contribution in [-0.4, -0.2) is 39.8 Å². The number of rotatable bonds is 5. The number of aromatic nitrogens is 1. The Morgan fingerprint density at radius 3 is 2.88 bits per heavy atom. The number of hydrogen-bond donors (Lipinski definition) is 2. The number of carbonyl (C=O) groups excluding carboxylic acids is 3. The molecule has 1 aromatic rings. The van der Waals surface area contributed by atoms with Crippen molar-refractivity contribution in [3.05, 3.63) is 10.6 Å². The second-order valence-electron chi connectivity index (χ2n) is 7.40. The van der Waals surface area contributed by atoms with E-state index in [0.717, 1.165) is 25.0 Å². The summed E-state index contributed by atoms with van der Waals surface area (Å²) in [7, 11) is 0. The lowest BCUT2D eigenvalue weighted by Crippen LogP contribution is -2.40. The fourth-order valence-corrected chi connectivity index (χ4v) is 4.38. The maximum Gasteiger partial charge on any atom is 0.325 e. The van der Waals surface area contributed by atoms with Crippen LogP contribution in [0.25, 0.3) is 0 Å². The predicted molar refractivity (Wildman–Crippen MR) is 95.5 cm³/mol. The molecule has 1 saturated heterocycles. The largest absolute Gasteiger partial charge is 0.325 e. The zero-order valence-corrected chi connectivity index (χ0v) is 15.7. The number of thiazole rings is 1. The Balaban J connectivity index is 1.48. The first-order valence-electron chi connectivity index (χ1n) is 8.69. The quantitative estimate of drug-likeness (QED) is 0.785. The smallest absolute Gasteiger partial charge is 0.324 e. The van der Waals surface area contributed by atoms with Crippen molar-refractivity contribution in [2.24, 2.45) is 5.92 Å². The van der Waals surface area contributed by atoms with Crippen LogP contribution in [0, 0.1) is 5.92 Å². The molecule has 0 saturated carbocycles. The van der Waals surface area contributed by atoms with Gasteiger partial charge in [0.2, 0.25) is 5.91 Å². The normalized spacial score (nSPS) is 21.9. The summed E-state index contributed by atoms with van der Waals surface area (Å²) in [6.07, 6.45) is 3.84. The molecule has 8 heteroatoms. The highest BCUT2D eigenvalue weighted by Crippen LogP contribution is 2.32. The molecule has 2 heterocycles. The van der Waals surface area contributed by atoms with Gasteiger partial charge in [-0.05, 0) is 45.4 Å². The van der Waals surface area contributed by atoms with Gasteiger partial charge in [-0.15, -0.1) is 11.3 Å². The number of imide groups is 1. The van der Waals surface area contributed by atoms with Crippen LogP contribution in [-0.2, 0) is 22.4 Å². The second kappa shape index (κ2) is 6.74. The molecule has 1 atom stereocenters. The predicted octanol–water partition coefficient (Wildman–Crippen LogP) is 2.32. The van der Waals surface area contributed by atoms with Gasteiger partial charge in [-0.1, -0.05) is 6.92 Å². The van der Waals surface area contributed by atoms with E-state index >= 15 is 0 Å². The third-order valence-electron chi connectivity index (χ3n) is 4.66. The maximum atomic E-state index is 12.1. The molecule has 4 amide bonds. The van der Waals surface area contributed by atoms with Crippen molar-refractivity contribution in [1.29, 1.82) is 0 Å². The van der Waals surface area contributed by atoms with Crippen molar-refractivity contribution >= 4 is 34.3 Å². The summed E-state index contributed by atoms with van der Waals surface area (Å²) in [5.41, 5.74) is 0.246. The minimum Gasteiger partial charge on any atom is -0.324 e. The molecule has 0 aromatic carbocycles. The van der Waals surface area contributed by atoms with Crippen LogP contribution in [0.5, 0.6) is 0 Å². The molecule has 0 bridgehead atoms. The fourth-order valence-electron chi connectivity index (χ4n) is 3.19. The minimum atomic E-state index is -0.865. The van der Waals surface area contributed by atoms with Crippen molar-refractivity contribution in [1.82, 2.24) is 15.2 Å². The molecule has 0 spiro atoms. The van der Waals surface area contributed by atoms with Gasteiger partial charge in [0.05, 0.1) is 5.69 Å². The van der Waals surface area contributed by atoms with E-state index in [2.05, 4.69) is 22.5 Å². The summed E-state index contributed by atoms with van der Waals surface area (Å²) < 4.78 is 0. The number of fused-ring (bicyclic) bond motifs is 1. The Morgan fingerprint density at radius 1 is 1.44 bits per heavy atom. The first kappa shape index (κ1) is 17.8. The number of aryl methyl sites for hydroxylation is 1. The van der Waals surface area contributed by atoms with Gasteiger partial charge in [-0.25, -0.2) is 9.78 Å². The van der Waals surface area contributed by atoms with Crippen LogP contribution < -0.4 is 10.6 Å². The maximum absolute atomic E-state index is 12.1. The number of urea groups is 1. The number of nitrogens with zero attached hydrogens (tertiary/aromatic N) is 2. The van der Waals surface area contributed by atoms with Gasteiger partial charge < -0.3 is 10.6 Å². The van der Waals surface area contributed by atoms with Crippen LogP contribution in [0.3, 0.4) is 0 Å². The van der Waals surface area contributed by atoms with Gasteiger partial charge in [0.1, 0.15) is 5.54 Å². The molecule has 7 nitrogen and oxygen atoms in total. The number of carbonyl (C=O) groups is 3. The fraction of sp³-hybridized carbons (Fsp3) is 0.647. The molecule has 2 aliphatic rings. The van der Waals surface area contributed by atoms with E-state index in [9.17, 15) is 14.4 Å². The topological polar surface area (TPSA) is 91.4 Å². The Bertz CT molecular complexity index is 713. The summed E-state index contributed by atoms with van der Waals surface area (Å²) in [4.78, 5) is 42.9. The lowest BCUT2D eigenvalue weighted by atomic mass is 9.93. The van der Waals surface area contributed by atoms with E-state index in [-0.39, 0.29) is 24.8 Å². The lowest BCUT2D eigenvalue weighted by molar-refractivity contribution is -0.130. The molecule has 1 aliphatic heterocycles. The number of amides is 4. The molecular weight excluding hydrogens is 340 g/mol. The standard InChI is InChI=1S/C17H24N4O3S/c1-10-6-7-11-12(9-10)25-15(18-11)19-13(22)5-4-8-21-14(23)17(2,3)20-16(21)24/h10H,4-9H2,1-3H3,(H,20,24)(H,18,19,22)/t10-/m0/s1. The van der Waals surface area contributed by atoms with Crippen LogP contribution in [0.1, 0.15) is 50.6 Å². The van der Waals surface area contributed by atoms with Crippen LogP contribution in [0.15, 0.2) is 0 Å². The summed E-state index contributed by atoms with van der Waals surface area (Å²) in [5, 5.41) is 6.13. The molecule has 2 N–H and O–H groups in total. The van der Waals surface area contributed by atoms with Crippen LogP contribution in [0.4, 0.5) is 9.93 Å². The van der Waals surface area contributed by atoms with Gasteiger partial charge in [0.25, 0.3) is 5.91 Å². The van der Waals surface area contributed by atoms with Gasteiger partial charge >= 0.3 is 6.03 Å². The zero-order valence-electron chi connectivity index (χ0n) is 14.8. The Labute approximate surface area is 151 Å². The first-order valence-corrected chi connectivity index (χ1v) is 9.50. The van der Waals surface area contributed by atoms with Crippen LogP contribution >= 0.6 is 11.3 Å². The molecule has 1 aromatic heterocycles. The highest BCUT2D eigenvalue weighted by Gasteiger charge is 2.43. The van der Waals surface area contributed by atoms with Gasteiger partial charge in [0, 0.05) is 17.8 Å². The molecule has 1 aliphatic carbocycles. The highest BCUT2D eigenvalue weighted by molar-refractivity contribution is 7.15. The van der Waals surface area contributed by atoms with Gasteiger partial charge in [-0.3, -0.25) is 14.5 Å². The van der Waals surface area contributed by atoms with Crippen molar-refractivity contribution in [2.45, 2.75) is 58.4 Å². The third-order valence-corrected chi connectivity index (χ3v) is 5.70. The van der Waals surface area contributed by atoms with E-state index in [1.807, 2.05) is 0 Å². The lowest BCUT2D eigenvalue weighted by Gasteiger charge is -2.15. The Kier molecular flexibility index (Phi) is 4.81. The summed E-state index contributed by atoms with van der Waals surface area (Å²) in [5.74, 6) is 0.287. The number of nitrogens with one attached hydrogen (secondary N) is 2. The number of hydrogen-bond acceptors (Lipinski definition) is 5.